The van der Waals surface area contributed by atoms with Crippen molar-refractivity contribution < 1.29 is 14.3 Å². The van der Waals surface area contributed by atoms with Crippen LogP contribution in [0.4, 0.5) is 0 Å². The monoisotopic (exact) mass is 291 g/mol. The summed E-state index contributed by atoms with van der Waals surface area (Å²) in [5, 5.41) is 0. The number of hydrogen-bond donors (Lipinski definition) is 0. The van der Waals surface area contributed by atoms with E-state index in [4.69, 9.17) is 4.74 Å². The Morgan fingerprint density at radius 2 is 2.19 bits per heavy atom. The summed E-state index contributed by atoms with van der Waals surface area (Å²) in [6.07, 6.45) is 2.50. The van der Waals surface area contributed by atoms with Gasteiger partial charge in [-0.25, -0.2) is 0 Å². The number of carbonyl (C=O) groups is 2. The van der Waals surface area contributed by atoms with Gasteiger partial charge in [-0.3, -0.25) is 14.6 Å². The first-order chi connectivity index (χ1) is 10.1. The number of ether oxygens (including phenoxy) is 1. The average Bonchev–Trinajstić information content (AvgIpc) is 2.49. The normalized spacial score (nSPS) is 19.1. The van der Waals surface area contributed by atoms with Gasteiger partial charge in [-0.2, -0.15) is 0 Å². The van der Waals surface area contributed by atoms with Crippen LogP contribution in [0.2, 0.25) is 0 Å². The summed E-state index contributed by atoms with van der Waals surface area (Å²) in [6.45, 7) is 4.81. The van der Waals surface area contributed by atoms with Gasteiger partial charge in [0.05, 0.1) is 20.2 Å². The van der Waals surface area contributed by atoms with Crippen molar-refractivity contribution in [3.8, 4) is 5.75 Å². The van der Waals surface area contributed by atoms with Crippen LogP contribution in [-0.2, 0) is 16.1 Å². The van der Waals surface area contributed by atoms with E-state index < -0.39 is 6.04 Å². The second-order valence-corrected chi connectivity index (χ2v) is 5.11. The fourth-order valence-electron chi connectivity index (χ4n) is 2.52. The number of aromatic nitrogens is 1. The van der Waals surface area contributed by atoms with E-state index in [0.717, 1.165) is 6.42 Å². The third-order valence-electron chi connectivity index (χ3n) is 3.67. The highest BCUT2D eigenvalue weighted by atomic mass is 16.5. The molecule has 2 heterocycles. The molecule has 21 heavy (non-hydrogen) atoms. The highest BCUT2D eigenvalue weighted by Gasteiger charge is 2.36. The highest BCUT2D eigenvalue weighted by molar-refractivity contribution is 5.94. The van der Waals surface area contributed by atoms with Crippen LogP contribution in [0.3, 0.4) is 0 Å². The van der Waals surface area contributed by atoms with Crippen molar-refractivity contribution in [3.63, 3.8) is 0 Å². The average molecular weight is 291 g/mol. The summed E-state index contributed by atoms with van der Waals surface area (Å²) in [7, 11) is 1.57. The van der Waals surface area contributed by atoms with E-state index in [-0.39, 0.29) is 24.9 Å². The van der Waals surface area contributed by atoms with E-state index in [0.29, 0.717) is 18.0 Å². The maximum absolute atomic E-state index is 12.3. The molecule has 6 nitrogen and oxygen atoms in total. The van der Waals surface area contributed by atoms with E-state index in [2.05, 4.69) is 4.98 Å². The quantitative estimate of drug-likeness (QED) is 0.814. The van der Waals surface area contributed by atoms with Crippen LogP contribution >= 0.6 is 0 Å². The van der Waals surface area contributed by atoms with Gasteiger partial charge >= 0.3 is 0 Å². The minimum atomic E-state index is -0.468. The Bertz CT molecular complexity index is 533. The zero-order chi connectivity index (χ0) is 15.4. The van der Waals surface area contributed by atoms with E-state index in [1.54, 1.807) is 42.2 Å². The standard InChI is InChI=1S/C15H21N3O3/c1-4-8-17-10-14(19)18(11(2)15(17)20)9-12-13(21-3)6-5-7-16-12/h5-7,11H,4,8-10H2,1-3H3/t11-/m1/s1. The molecule has 2 amide bonds. The first-order valence-electron chi connectivity index (χ1n) is 7.14. The number of amides is 2. The van der Waals surface area contributed by atoms with Crippen LogP contribution in [0.15, 0.2) is 18.3 Å². The summed E-state index contributed by atoms with van der Waals surface area (Å²) in [5.74, 6) is 0.565. The molecule has 6 heteroatoms. The van der Waals surface area contributed by atoms with Crippen LogP contribution in [-0.4, -0.2) is 52.8 Å². The number of carbonyl (C=O) groups excluding carboxylic acids is 2. The van der Waals surface area contributed by atoms with Crippen molar-refractivity contribution in [1.82, 2.24) is 14.8 Å². The predicted molar refractivity (Wildman–Crippen MR) is 77.7 cm³/mol. The van der Waals surface area contributed by atoms with Crippen LogP contribution in [0, 0.1) is 0 Å². The molecule has 1 atom stereocenters. The predicted octanol–water partition coefficient (Wildman–Crippen LogP) is 1.06. The van der Waals surface area contributed by atoms with Gasteiger partial charge in [0, 0.05) is 12.7 Å². The number of methoxy groups -OCH3 is 1. The third kappa shape index (κ3) is 3.15. The second-order valence-electron chi connectivity index (χ2n) is 5.11. The number of hydrogen-bond acceptors (Lipinski definition) is 4. The minimum Gasteiger partial charge on any atom is -0.495 e. The van der Waals surface area contributed by atoms with Gasteiger partial charge in [0.2, 0.25) is 11.8 Å². The first-order valence-corrected chi connectivity index (χ1v) is 7.14. The Labute approximate surface area is 124 Å². The lowest BCUT2D eigenvalue weighted by Crippen LogP contribution is -2.58. The minimum absolute atomic E-state index is 0.00801. The van der Waals surface area contributed by atoms with E-state index in [9.17, 15) is 9.59 Å². The van der Waals surface area contributed by atoms with E-state index in [1.165, 1.54) is 0 Å². The molecule has 0 aliphatic carbocycles. The van der Waals surface area contributed by atoms with Crippen LogP contribution < -0.4 is 4.74 Å². The SMILES string of the molecule is CCCN1CC(=O)N(Cc2ncccc2OC)[C@H](C)C1=O. The molecule has 1 saturated heterocycles. The van der Waals surface area contributed by atoms with Gasteiger partial charge in [-0.1, -0.05) is 6.92 Å². The van der Waals surface area contributed by atoms with Gasteiger partial charge in [-0.05, 0) is 25.5 Å². The molecular formula is C15H21N3O3. The fourth-order valence-corrected chi connectivity index (χ4v) is 2.52. The molecule has 0 spiro atoms. The summed E-state index contributed by atoms with van der Waals surface area (Å²) in [5.41, 5.74) is 0.664. The molecule has 0 N–H and O–H groups in total. The van der Waals surface area contributed by atoms with E-state index >= 15 is 0 Å². The molecular weight excluding hydrogens is 270 g/mol. The third-order valence-corrected chi connectivity index (χ3v) is 3.67. The molecule has 1 aliphatic heterocycles. The summed E-state index contributed by atoms with van der Waals surface area (Å²) in [6, 6.07) is 3.11. The summed E-state index contributed by atoms with van der Waals surface area (Å²) in [4.78, 5) is 32.0. The van der Waals surface area contributed by atoms with Crippen molar-refractivity contribution in [3.05, 3.63) is 24.0 Å². The number of rotatable bonds is 5. The molecule has 114 valence electrons. The number of nitrogens with zero attached hydrogens (tertiary/aromatic N) is 3. The van der Waals surface area contributed by atoms with Crippen molar-refractivity contribution >= 4 is 11.8 Å². The Morgan fingerprint density at radius 3 is 2.86 bits per heavy atom. The second kappa shape index (κ2) is 6.56. The number of pyridine rings is 1. The highest BCUT2D eigenvalue weighted by Crippen LogP contribution is 2.21. The molecule has 0 unspecified atom stereocenters. The van der Waals surface area contributed by atoms with Crippen molar-refractivity contribution in [2.75, 3.05) is 20.2 Å². The lowest BCUT2D eigenvalue weighted by atomic mass is 10.1. The van der Waals surface area contributed by atoms with Gasteiger partial charge in [0.1, 0.15) is 17.5 Å². The summed E-state index contributed by atoms with van der Waals surface area (Å²) < 4.78 is 5.25. The molecule has 0 saturated carbocycles. The lowest BCUT2D eigenvalue weighted by molar-refractivity contribution is -0.155. The van der Waals surface area contributed by atoms with Crippen LogP contribution in [0.1, 0.15) is 26.0 Å². The molecule has 1 fully saturated rings. The fraction of sp³-hybridized carbons (Fsp3) is 0.533. The topological polar surface area (TPSA) is 62.7 Å². The smallest absolute Gasteiger partial charge is 0.245 e. The van der Waals surface area contributed by atoms with Crippen molar-refractivity contribution in [2.24, 2.45) is 0 Å². The molecule has 1 aromatic rings. The van der Waals surface area contributed by atoms with Crippen LogP contribution in [0.5, 0.6) is 5.75 Å². The van der Waals surface area contributed by atoms with Gasteiger partial charge in [0.15, 0.2) is 0 Å². The molecule has 2 rings (SSSR count). The van der Waals surface area contributed by atoms with Gasteiger partial charge in [-0.15, -0.1) is 0 Å². The Kier molecular flexibility index (Phi) is 4.77. The Morgan fingerprint density at radius 1 is 1.43 bits per heavy atom. The van der Waals surface area contributed by atoms with Gasteiger partial charge < -0.3 is 14.5 Å². The van der Waals surface area contributed by atoms with E-state index in [1.807, 2.05) is 6.92 Å². The summed E-state index contributed by atoms with van der Waals surface area (Å²) >= 11 is 0. The Hall–Kier alpha value is -2.11. The number of piperazine rings is 1. The van der Waals surface area contributed by atoms with Gasteiger partial charge in [0.25, 0.3) is 0 Å². The van der Waals surface area contributed by atoms with Crippen LogP contribution in [0.25, 0.3) is 0 Å². The zero-order valence-corrected chi connectivity index (χ0v) is 12.7. The molecule has 1 aromatic heterocycles. The lowest BCUT2D eigenvalue weighted by Gasteiger charge is -2.38. The van der Waals surface area contributed by atoms with Crippen molar-refractivity contribution in [1.29, 1.82) is 0 Å². The van der Waals surface area contributed by atoms with Crippen molar-refractivity contribution in [2.45, 2.75) is 32.9 Å². The molecule has 1 aliphatic rings. The zero-order valence-electron chi connectivity index (χ0n) is 12.7. The maximum Gasteiger partial charge on any atom is 0.245 e. The molecule has 0 aromatic carbocycles. The maximum atomic E-state index is 12.3. The molecule has 0 bridgehead atoms. The largest absolute Gasteiger partial charge is 0.495 e. The first kappa shape index (κ1) is 15.3. The Balaban J connectivity index is 2.17. The molecule has 0 radical (unpaired) electrons.